The van der Waals surface area contributed by atoms with Crippen molar-refractivity contribution in [2.75, 3.05) is 0 Å². The van der Waals surface area contributed by atoms with Gasteiger partial charge in [-0.25, -0.2) is 0 Å². The van der Waals surface area contributed by atoms with Crippen molar-refractivity contribution in [3.63, 3.8) is 0 Å². The van der Waals surface area contributed by atoms with Crippen molar-refractivity contribution in [3.8, 4) is 11.1 Å². The molecule has 2 aromatic carbocycles. The quantitative estimate of drug-likeness (QED) is 0.686. The predicted molar refractivity (Wildman–Crippen MR) is 74.0 cm³/mol. The van der Waals surface area contributed by atoms with Crippen LogP contribution in [0.15, 0.2) is 42.5 Å². The lowest BCUT2D eigenvalue weighted by Crippen LogP contribution is -1.93. The lowest BCUT2D eigenvalue weighted by molar-refractivity contribution is 1.25. The maximum atomic E-state index is 3.57. The van der Waals surface area contributed by atoms with E-state index in [4.69, 9.17) is 0 Å². The van der Waals surface area contributed by atoms with Gasteiger partial charge in [0.1, 0.15) is 0 Å². The molecular formula is C15H15Br. The van der Waals surface area contributed by atoms with Crippen molar-refractivity contribution < 1.29 is 0 Å². The summed E-state index contributed by atoms with van der Waals surface area (Å²) in [5.41, 5.74) is 6.77. The van der Waals surface area contributed by atoms with Crippen molar-refractivity contribution in [2.45, 2.75) is 19.2 Å². The smallest absolute Gasteiger partial charge is 0.0288 e. The first kappa shape index (κ1) is 11.4. The second-order valence-electron chi connectivity index (χ2n) is 4.03. The fourth-order valence-electron chi connectivity index (χ4n) is 2.03. The lowest BCUT2D eigenvalue weighted by atomic mass is 9.94. The molecule has 0 heterocycles. The van der Waals surface area contributed by atoms with Gasteiger partial charge in [-0.15, -0.1) is 0 Å². The summed E-state index contributed by atoms with van der Waals surface area (Å²) in [7, 11) is 0. The summed E-state index contributed by atoms with van der Waals surface area (Å²) in [6.07, 6.45) is 0. The second-order valence-corrected chi connectivity index (χ2v) is 4.59. The van der Waals surface area contributed by atoms with Gasteiger partial charge in [0.15, 0.2) is 0 Å². The highest BCUT2D eigenvalue weighted by molar-refractivity contribution is 9.08. The normalized spacial score (nSPS) is 10.4. The number of hydrogen-bond acceptors (Lipinski definition) is 0. The van der Waals surface area contributed by atoms with Crippen molar-refractivity contribution in [1.29, 1.82) is 0 Å². The van der Waals surface area contributed by atoms with E-state index < -0.39 is 0 Å². The van der Waals surface area contributed by atoms with Gasteiger partial charge in [-0.1, -0.05) is 58.4 Å². The molecule has 82 valence electrons. The summed E-state index contributed by atoms with van der Waals surface area (Å²) in [5, 5.41) is 0.922. The van der Waals surface area contributed by atoms with Crippen LogP contribution in [0.4, 0.5) is 0 Å². The fourth-order valence-corrected chi connectivity index (χ4v) is 2.89. The lowest BCUT2D eigenvalue weighted by Gasteiger charge is -2.12. The highest BCUT2D eigenvalue weighted by atomic mass is 79.9. The molecule has 0 unspecified atom stereocenters. The standard InChI is InChI=1S/C15H15Br/c1-11-8-9-14(12(2)15(11)10-16)13-6-4-3-5-7-13/h3-9H,10H2,1-2H3. The van der Waals surface area contributed by atoms with Crippen LogP contribution in [0.5, 0.6) is 0 Å². The molecule has 0 saturated heterocycles. The Bertz CT molecular complexity index is 486. The van der Waals surface area contributed by atoms with Crippen LogP contribution in [0.2, 0.25) is 0 Å². The maximum Gasteiger partial charge on any atom is 0.0288 e. The molecule has 0 fully saturated rings. The molecule has 0 amide bonds. The van der Waals surface area contributed by atoms with Crippen LogP contribution in [0.25, 0.3) is 11.1 Å². The number of hydrogen-bond donors (Lipinski definition) is 0. The number of aryl methyl sites for hydroxylation is 1. The van der Waals surface area contributed by atoms with E-state index in [9.17, 15) is 0 Å². The molecule has 0 nitrogen and oxygen atoms in total. The van der Waals surface area contributed by atoms with Gasteiger partial charge in [-0.05, 0) is 41.7 Å². The highest BCUT2D eigenvalue weighted by Gasteiger charge is 2.07. The van der Waals surface area contributed by atoms with Gasteiger partial charge in [0, 0.05) is 5.33 Å². The molecule has 0 aliphatic rings. The summed E-state index contributed by atoms with van der Waals surface area (Å²) in [4.78, 5) is 0. The minimum Gasteiger partial charge on any atom is -0.0876 e. The fraction of sp³-hybridized carbons (Fsp3) is 0.200. The molecule has 0 radical (unpaired) electrons. The molecule has 0 bridgehead atoms. The zero-order valence-corrected chi connectivity index (χ0v) is 11.2. The minimum atomic E-state index is 0.922. The Kier molecular flexibility index (Phi) is 3.45. The molecule has 0 aliphatic heterocycles. The van der Waals surface area contributed by atoms with E-state index in [1.807, 2.05) is 0 Å². The van der Waals surface area contributed by atoms with E-state index in [-0.39, 0.29) is 0 Å². The van der Waals surface area contributed by atoms with Crippen LogP contribution in [0.1, 0.15) is 16.7 Å². The highest BCUT2D eigenvalue weighted by Crippen LogP contribution is 2.28. The van der Waals surface area contributed by atoms with Crippen LogP contribution < -0.4 is 0 Å². The van der Waals surface area contributed by atoms with Crippen molar-refractivity contribution in [3.05, 3.63) is 59.2 Å². The molecule has 16 heavy (non-hydrogen) atoms. The third-order valence-corrected chi connectivity index (χ3v) is 3.61. The predicted octanol–water partition coefficient (Wildman–Crippen LogP) is 4.87. The molecule has 0 spiro atoms. The van der Waals surface area contributed by atoms with Crippen molar-refractivity contribution >= 4 is 15.9 Å². The molecule has 0 saturated carbocycles. The number of rotatable bonds is 2. The van der Waals surface area contributed by atoms with E-state index in [0.717, 1.165) is 5.33 Å². The summed E-state index contributed by atoms with van der Waals surface area (Å²) in [6.45, 7) is 4.37. The van der Waals surface area contributed by atoms with E-state index in [1.165, 1.54) is 27.8 Å². The van der Waals surface area contributed by atoms with Crippen LogP contribution in [-0.2, 0) is 5.33 Å². The first-order chi connectivity index (χ1) is 7.74. The monoisotopic (exact) mass is 274 g/mol. The van der Waals surface area contributed by atoms with Crippen LogP contribution >= 0.6 is 15.9 Å². The minimum absolute atomic E-state index is 0.922. The molecule has 0 N–H and O–H groups in total. The molecule has 2 aromatic rings. The topological polar surface area (TPSA) is 0 Å². The Hall–Kier alpha value is -1.08. The summed E-state index contributed by atoms with van der Waals surface area (Å²) in [5.74, 6) is 0. The summed E-state index contributed by atoms with van der Waals surface area (Å²) in [6, 6.07) is 15.0. The third kappa shape index (κ3) is 2.05. The Labute approximate surface area is 105 Å². The van der Waals surface area contributed by atoms with Gasteiger partial charge in [0.2, 0.25) is 0 Å². The van der Waals surface area contributed by atoms with Gasteiger partial charge >= 0.3 is 0 Å². The largest absolute Gasteiger partial charge is 0.0876 e. The van der Waals surface area contributed by atoms with E-state index >= 15 is 0 Å². The molecular weight excluding hydrogens is 260 g/mol. The first-order valence-corrected chi connectivity index (χ1v) is 6.56. The Morgan fingerprint density at radius 1 is 0.938 bits per heavy atom. The van der Waals surface area contributed by atoms with Gasteiger partial charge in [0.25, 0.3) is 0 Å². The summed E-state index contributed by atoms with van der Waals surface area (Å²) >= 11 is 3.57. The third-order valence-electron chi connectivity index (χ3n) is 3.05. The Morgan fingerprint density at radius 3 is 2.25 bits per heavy atom. The van der Waals surface area contributed by atoms with Crippen molar-refractivity contribution in [1.82, 2.24) is 0 Å². The van der Waals surface area contributed by atoms with Crippen LogP contribution in [0, 0.1) is 13.8 Å². The van der Waals surface area contributed by atoms with Gasteiger partial charge < -0.3 is 0 Å². The zero-order chi connectivity index (χ0) is 11.5. The number of alkyl halides is 1. The van der Waals surface area contributed by atoms with Crippen LogP contribution in [-0.4, -0.2) is 0 Å². The first-order valence-electron chi connectivity index (χ1n) is 5.44. The van der Waals surface area contributed by atoms with Crippen molar-refractivity contribution in [2.24, 2.45) is 0 Å². The van der Waals surface area contributed by atoms with E-state index in [0.29, 0.717) is 0 Å². The molecule has 1 heteroatoms. The Balaban J connectivity index is 2.59. The van der Waals surface area contributed by atoms with Gasteiger partial charge in [0.05, 0.1) is 0 Å². The average molecular weight is 275 g/mol. The van der Waals surface area contributed by atoms with E-state index in [2.05, 4.69) is 72.2 Å². The SMILES string of the molecule is Cc1ccc(-c2ccccc2)c(C)c1CBr. The molecule has 0 atom stereocenters. The zero-order valence-electron chi connectivity index (χ0n) is 9.63. The molecule has 2 rings (SSSR count). The summed E-state index contributed by atoms with van der Waals surface area (Å²) < 4.78 is 0. The molecule has 0 aromatic heterocycles. The van der Waals surface area contributed by atoms with Gasteiger partial charge in [-0.2, -0.15) is 0 Å². The Morgan fingerprint density at radius 2 is 1.62 bits per heavy atom. The molecule has 0 aliphatic carbocycles. The second kappa shape index (κ2) is 4.84. The number of benzene rings is 2. The average Bonchev–Trinajstić information content (AvgIpc) is 2.31. The number of halogens is 1. The van der Waals surface area contributed by atoms with Gasteiger partial charge in [-0.3, -0.25) is 0 Å². The van der Waals surface area contributed by atoms with Crippen LogP contribution in [0.3, 0.4) is 0 Å². The maximum absolute atomic E-state index is 3.57. The van der Waals surface area contributed by atoms with E-state index in [1.54, 1.807) is 0 Å².